The third-order valence-electron chi connectivity index (χ3n) is 4.98. The second-order valence-corrected chi connectivity index (χ2v) is 9.12. The number of hydrogen-bond donors (Lipinski definition) is 0. The molecule has 0 aliphatic heterocycles. The highest BCUT2D eigenvalue weighted by molar-refractivity contribution is 7.99. The third kappa shape index (κ3) is 4.73. The molecule has 4 aromatic rings. The molecule has 0 fully saturated rings. The lowest BCUT2D eigenvalue weighted by Gasteiger charge is -2.21. The molecule has 0 N–H and O–H groups in total. The number of anilines is 1. The summed E-state index contributed by atoms with van der Waals surface area (Å²) in [6.45, 7) is 5.00. The lowest BCUT2D eigenvalue weighted by molar-refractivity contribution is -0.116. The average molecular weight is 450 g/mol. The van der Waals surface area contributed by atoms with Crippen LogP contribution in [0.5, 0.6) is 0 Å². The summed E-state index contributed by atoms with van der Waals surface area (Å²) in [4.78, 5) is 33.8. The van der Waals surface area contributed by atoms with Crippen molar-refractivity contribution < 1.29 is 4.79 Å². The Morgan fingerprint density at radius 1 is 1.13 bits per heavy atom. The van der Waals surface area contributed by atoms with Gasteiger partial charge in [-0.2, -0.15) is 0 Å². The maximum atomic E-state index is 13.2. The normalized spacial score (nSPS) is 11.0. The van der Waals surface area contributed by atoms with E-state index in [1.54, 1.807) is 26.9 Å². The molecule has 0 spiro atoms. The Hall–Kier alpha value is -2.90. The Bertz CT molecular complexity index is 1270. The van der Waals surface area contributed by atoms with Crippen LogP contribution in [-0.4, -0.2) is 27.8 Å². The van der Waals surface area contributed by atoms with Crippen LogP contribution in [0.25, 0.3) is 10.9 Å². The van der Waals surface area contributed by atoms with Crippen LogP contribution in [0.15, 0.2) is 76.0 Å². The minimum atomic E-state index is -0.0834. The highest BCUT2D eigenvalue weighted by atomic mass is 32.2. The van der Waals surface area contributed by atoms with E-state index in [1.807, 2.05) is 73.8 Å². The van der Waals surface area contributed by atoms with Crippen molar-refractivity contribution in [2.75, 3.05) is 17.2 Å². The summed E-state index contributed by atoms with van der Waals surface area (Å²) in [5.74, 6) is 0.194. The molecule has 0 atom stereocenters. The van der Waals surface area contributed by atoms with Crippen molar-refractivity contribution in [1.29, 1.82) is 0 Å². The monoisotopic (exact) mass is 449 g/mol. The zero-order valence-corrected chi connectivity index (χ0v) is 19.1. The SMILES string of the molecule is CCN(C(=O)CSc1nc2ccccc2c(=O)n1Cc1cccs1)c1cccc(C)c1. The summed E-state index contributed by atoms with van der Waals surface area (Å²) in [6.07, 6.45) is 0. The average Bonchev–Trinajstić information content (AvgIpc) is 3.28. The van der Waals surface area contributed by atoms with E-state index in [9.17, 15) is 9.59 Å². The molecule has 2 heterocycles. The number of nitrogens with zero attached hydrogens (tertiary/aromatic N) is 3. The van der Waals surface area contributed by atoms with Gasteiger partial charge in [0.25, 0.3) is 5.56 Å². The van der Waals surface area contributed by atoms with Crippen LogP contribution in [0, 0.1) is 6.92 Å². The number of rotatable bonds is 7. The van der Waals surface area contributed by atoms with E-state index in [1.165, 1.54) is 11.8 Å². The highest BCUT2D eigenvalue weighted by Crippen LogP contribution is 2.22. The smallest absolute Gasteiger partial charge is 0.262 e. The molecular formula is C24H23N3O2S2. The fourth-order valence-electron chi connectivity index (χ4n) is 3.46. The number of para-hydroxylation sites is 1. The molecule has 31 heavy (non-hydrogen) atoms. The number of amides is 1. The summed E-state index contributed by atoms with van der Waals surface area (Å²) in [5.41, 5.74) is 2.56. The molecule has 4 rings (SSSR count). The van der Waals surface area contributed by atoms with Crippen molar-refractivity contribution in [2.45, 2.75) is 25.5 Å². The largest absolute Gasteiger partial charge is 0.312 e. The first-order valence-electron chi connectivity index (χ1n) is 10.1. The van der Waals surface area contributed by atoms with Gasteiger partial charge in [0, 0.05) is 17.1 Å². The number of carbonyl (C=O) groups is 1. The van der Waals surface area contributed by atoms with Crippen LogP contribution in [0.1, 0.15) is 17.4 Å². The first-order chi connectivity index (χ1) is 15.1. The fourth-order valence-corrected chi connectivity index (χ4v) is 5.03. The van der Waals surface area contributed by atoms with Crippen molar-refractivity contribution in [3.05, 3.63) is 86.8 Å². The topological polar surface area (TPSA) is 55.2 Å². The molecule has 0 aliphatic carbocycles. The van der Waals surface area contributed by atoms with Crippen LogP contribution in [0.3, 0.4) is 0 Å². The Balaban J connectivity index is 1.64. The predicted molar refractivity (Wildman–Crippen MR) is 129 cm³/mol. The number of aryl methyl sites for hydroxylation is 1. The molecular weight excluding hydrogens is 426 g/mol. The van der Waals surface area contributed by atoms with E-state index in [4.69, 9.17) is 4.98 Å². The molecule has 158 valence electrons. The van der Waals surface area contributed by atoms with Gasteiger partial charge in [0.1, 0.15) is 0 Å². The number of fused-ring (bicyclic) bond motifs is 1. The van der Waals surface area contributed by atoms with Crippen LogP contribution >= 0.6 is 23.1 Å². The van der Waals surface area contributed by atoms with E-state index in [-0.39, 0.29) is 17.2 Å². The van der Waals surface area contributed by atoms with Crippen LogP contribution in [0.2, 0.25) is 0 Å². The molecule has 0 radical (unpaired) electrons. The van der Waals surface area contributed by atoms with Gasteiger partial charge in [-0.3, -0.25) is 14.2 Å². The zero-order chi connectivity index (χ0) is 21.8. The Morgan fingerprint density at radius 3 is 2.71 bits per heavy atom. The number of thioether (sulfide) groups is 1. The number of aromatic nitrogens is 2. The number of benzene rings is 2. The van der Waals surface area contributed by atoms with Gasteiger partial charge < -0.3 is 4.90 Å². The fraction of sp³-hybridized carbons (Fsp3) is 0.208. The molecule has 0 saturated heterocycles. The molecule has 1 amide bonds. The quantitative estimate of drug-likeness (QED) is 0.296. The van der Waals surface area contributed by atoms with Gasteiger partial charge in [0.05, 0.1) is 23.2 Å². The maximum absolute atomic E-state index is 13.2. The molecule has 0 unspecified atom stereocenters. The minimum Gasteiger partial charge on any atom is -0.312 e. The number of thiophene rings is 1. The van der Waals surface area contributed by atoms with Crippen molar-refractivity contribution in [3.8, 4) is 0 Å². The van der Waals surface area contributed by atoms with Crippen molar-refractivity contribution in [2.24, 2.45) is 0 Å². The predicted octanol–water partition coefficient (Wildman–Crippen LogP) is 4.96. The van der Waals surface area contributed by atoms with Crippen molar-refractivity contribution >= 4 is 45.6 Å². The Morgan fingerprint density at radius 2 is 1.97 bits per heavy atom. The van der Waals surface area contributed by atoms with Gasteiger partial charge in [-0.1, -0.05) is 42.1 Å². The van der Waals surface area contributed by atoms with Gasteiger partial charge in [-0.15, -0.1) is 11.3 Å². The van der Waals surface area contributed by atoms with Crippen molar-refractivity contribution in [1.82, 2.24) is 9.55 Å². The summed E-state index contributed by atoms with van der Waals surface area (Å²) in [6, 6.07) is 19.2. The van der Waals surface area contributed by atoms with Gasteiger partial charge in [-0.25, -0.2) is 4.98 Å². The van der Waals surface area contributed by atoms with E-state index in [0.29, 0.717) is 29.1 Å². The van der Waals surface area contributed by atoms with Crippen LogP contribution in [-0.2, 0) is 11.3 Å². The Kier molecular flexibility index (Phi) is 6.53. The van der Waals surface area contributed by atoms with Gasteiger partial charge in [-0.05, 0) is 55.1 Å². The standard InChI is InChI=1S/C24H23N3O2S2/c1-3-26(18-9-6-8-17(2)14-18)22(28)16-31-24-25-21-12-5-4-11-20(21)23(29)27(24)15-19-10-7-13-30-19/h4-14H,3,15-16H2,1-2H3. The van der Waals surface area contributed by atoms with E-state index in [2.05, 4.69) is 0 Å². The lowest BCUT2D eigenvalue weighted by atomic mass is 10.2. The molecule has 0 bridgehead atoms. The number of carbonyl (C=O) groups excluding carboxylic acids is 1. The molecule has 2 aromatic carbocycles. The molecule has 0 aliphatic rings. The van der Waals surface area contributed by atoms with Crippen molar-refractivity contribution in [3.63, 3.8) is 0 Å². The summed E-state index contributed by atoms with van der Waals surface area (Å²) >= 11 is 2.91. The summed E-state index contributed by atoms with van der Waals surface area (Å²) < 4.78 is 1.68. The van der Waals surface area contributed by atoms with Gasteiger partial charge in [0.15, 0.2) is 5.16 Å². The van der Waals surface area contributed by atoms with E-state index >= 15 is 0 Å². The minimum absolute atomic E-state index is 0.0109. The first kappa shape index (κ1) is 21.3. The summed E-state index contributed by atoms with van der Waals surface area (Å²) in [5, 5.41) is 3.14. The molecule has 2 aromatic heterocycles. The molecule has 5 nitrogen and oxygen atoms in total. The summed E-state index contributed by atoms with van der Waals surface area (Å²) in [7, 11) is 0. The second-order valence-electron chi connectivity index (χ2n) is 7.15. The lowest BCUT2D eigenvalue weighted by Crippen LogP contribution is -2.32. The number of hydrogen-bond acceptors (Lipinski definition) is 5. The highest BCUT2D eigenvalue weighted by Gasteiger charge is 2.18. The van der Waals surface area contributed by atoms with Crippen LogP contribution < -0.4 is 10.5 Å². The molecule has 7 heteroatoms. The van der Waals surface area contributed by atoms with Gasteiger partial charge >= 0.3 is 0 Å². The van der Waals surface area contributed by atoms with Crippen LogP contribution in [0.4, 0.5) is 5.69 Å². The molecule has 0 saturated carbocycles. The maximum Gasteiger partial charge on any atom is 0.262 e. The second kappa shape index (κ2) is 9.49. The third-order valence-corrected chi connectivity index (χ3v) is 6.80. The zero-order valence-electron chi connectivity index (χ0n) is 17.4. The van der Waals surface area contributed by atoms with Gasteiger partial charge in [0.2, 0.25) is 5.91 Å². The first-order valence-corrected chi connectivity index (χ1v) is 11.9. The van der Waals surface area contributed by atoms with E-state index < -0.39 is 0 Å². The Labute approximate surface area is 189 Å². The van der Waals surface area contributed by atoms with E-state index in [0.717, 1.165) is 16.1 Å².